The highest BCUT2D eigenvalue weighted by molar-refractivity contribution is 7.15. The molecule has 15 heteroatoms. The van der Waals surface area contributed by atoms with E-state index >= 15 is 0 Å². The monoisotopic (exact) mass is 545 g/mol. The van der Waals surface area contributed by atoms with Crippen molar-refractivity contribution in [3.05, 3.63) is 76.6 Å². The number of halogens is 3. The fourth-order valence-corrected chi connectivity index (χ4v) is 4.11. The smallest absolute Gasteiger partial charge is 0.345 e. The van der Waals surface area contributed by atoms with Gasteiger partial charge in [0.25, 0.3) is 5.91 Å². The van der Waals surface area contributed by atoms with Gasteiger partial charge < -0.3 is 10.6 Å². The van der Waals surface area contributed by atoms with Crippen molar-refractivity contribution in [3.8, 4) is 0 Å². The minimum absolute atomic E-state index is 0.0483. The third-order valence-electron chi connectivity index (χ3n) is 5.15. The zero-order chi connectivity index (χ0) is 27.0. The molecule has 38 heavy (non-hydrogen) atoms. The number of alkyl halides is 3. The third-order valence-corrected chi connectivity index (χ3v) is 6.05. The minimum Gasteiger partial charge on any atom is -0.345 e. The largest absolute Gasteiger partial charge is 0.416 e. The molecule has 4 aromatic heterocycles. The Bertz CT molecular complexity index is 1380. The molecule has 0 fully saturated rings. The predicted octanol–water partition coefficient (Wildman–Crippen LogP) is 3.07. The number of rotatable bonds is 11. The van der Waals surface area contributed by atoms with Gasteiger partial charge in [0.2, 0.25) is 11.0 Å². The maximum atomic E-state index is 12.8. The van der Waals surface area contributed by atoms with Crippen molar-refractivity contribution in [1.82, 2.24) is 40.5 Å². The van der Waals surface area contributed by atoms with Crippen LogP contribution in [0.3, 0.4) is 0 Å². The van der Waals surface area contributed by atoms with Crippen molar-refractivity contribution in [3.63, 3.8) is 0 Å². The Morgan fingerprint density at radius 1 is 1.00 bits per heavy atom. The van der Waals surface area contributed by atoms with Crippen LogP contribution in [0, 0.1) is 0 Å². The maximum absolute atomic E-state index is 12.8. The van der Waals surface area contributed by atoms with Gasteiger partial charge in [-0.05, 0) is 37.1 Å². The average molecular weight is 546 g/mol. The number of pyridine rings is 2. The summed E-state index contributed by atoms with van der Waals surface area (Å²) in [6.45, 7) is 0.324. The first kappa shape index (κ1) is 26.8. The second kappa shape index (κ2) is 12.3. The zero-order valence-corrected chi connectivity index (χ0v) is 20.7. The highest BCUT2D eigenvalue weighted by Crippen LogP contribution is 2.29. The molecule has 2 amide bonds. The molecule has 0 saturated carbocycles. The van der Waals surface area contributed by atoms with Gasteiger partial charge in [-0.1, -0.05) is 22.6 Å². The van der Waals surface area contributed by atoms with Crippen LogP contribution in [-0.2, 0) is 36.9 Å². The normalized spacial score (nSPS) is 11.3. The topological polar surface area (TPSA) is 140 Å². The van der Waals surface area contributed by atoms with Gasteiger partial charge in [0.1, 0.15) is 5.01 Å². The molecule has 0 radical (unpaired) electrons. The second-order valence-corrected chi connectivity index (χ2v) is 9.15. The lowest BCUT2D eigenvalue weighted by Crippen LogP contribution is -2.24. The van der Waals surface area contributed by atoms with Gasteiger partial charge in [0.15, 0.2) is 5.69 Å². The molecular formula is C23H22F3N9O2S. The first-order chi connectivity index (χ1) is 18.3. The number of hydrogen-bond donors (Lipinski definition) is 2. The molecule has 0 atom stereocenters. The molecule has 198 valence electrons. The van der Waals surface area contributed by atoms with Gasteiger partial charge in [-0.15, -0.1) is 15.3 Å². The standard InChI is InChI=1S/C23H22F3N9O2S/c24-23(25,26)15-7-9-28-17(11-15)13-29-21(37)18-14-35(34-31-18)10-4-2-6-20-32-33-22(38-20)30-19(36)12-16-5-1-3-8-27-16/h1,3,5,7-9,11,14H,2,4,6,10,12-13H2,(H,29,37)(H,30,33,36). The van der Waals surface area contributed by atoms with E-state index in [1.807, 2.05) is 6.07 Å². The fraction of sp³-hybridized carbons (Fsp3) is 0.304. The van der Waals surface area contributed by atoms with Crippen molar-refractivity contribution >= 4 is 28.3 Å². The number of amides is 2. The van der Waals surface area contributed by atoms with E-state index in [2.05, 4.69) is 41.1 Å². The van der Waals surface area contributed by atoms with Crippen LogP contribution in [-0.4, -0.2) is 47.0 Å². The molecule has 0 bridgehead atoms. The Balaban J connectivity index is 1.17. The number of aromatic nitrogens is 7. The van der Waals surface area contributed by atoms with E-state index in [1.54, 1.807) is 18.3 Å². The molecule has 0 aromatic carbocycles. The number of hydrogen-bond acceptors (Lipinski definition) is 9. The summed E-state index contributed by atoms with van der Waals surface area (Å²) < 4.78 is 40.0. The highest BCUT2D eigenvalue weighted by atomic mass is 32.1. The number of nitrogens with one attached hydrogen (secondary N) is 2. The predicted molar refractivity (Wildman–Crippen MR) is 130 cm³/mol. The Morgan fingerprint density at radius 2 is 1.84 bits per heavy atom. The Kier molecular flexibility index (Phi) is 8.68. The lowest BCUT2D eigenvalue weighted by molar-refractivity contribution is -0.137. The fourth-order valence-electron chi connectivity index (χ4n) is 3.31. The molecule has 4 heterocycles. The zero-order valence-electron chi connectivity index (χ0n) is 19.9. The van der Waals surface area contributed by atoms with E-state index in [0.717, 1.165) is 36.2 Å². The Hall–Kier alpha value is -4.27. The van der Waals surface area contributed by atoms with Crippen LogP contribution in [0.1, 0.15) is 45.3 Å². The molecule has 11 nitrogen and oxygen atoms in total. The number of carbonyl (C=O) groups is 2. The number of unbranched alkanes of at least 4 members (excludes halogenated alkanes) is 1. The lowest BCUT2D eigenvalue weighted by atomic mass is 10.2. The summed E-state index contributed by atoms with van der Waals surface area (Å²) in [5.74, 6) is -0.787. The van der Waals surface area contributed by atoms with Gasteiger partial charge in [-0.2, -0.15) is 13.2 Å². The first-order valence-electron chi connectivity index (χ1n) is 11.5. The van der Waals surface area contributed by atoms with Crippen molar-refractivity contribution < 1.29 is 22.8 Å². The molecule has 0 saturated heterocycles. The van der Waals surface area contributed by atoms with Crippen LogP contribution in [0.4, 0.5) is 18.3 Å². The van der Waals surface area contributed by atoms with Crippen LogP contribution in [0.5, 0.6) is 0 Å². The molecule has 0 unspecified atom stereocenters. The lowest BCUT2D eigenvalue weighted by Gasteiger charge is -2.08. The highest BCUT2D eigenvalue weighted by Gasteiger charge is 2.30. The Morgan fingerprint density at radius 3 is 2.63 bits per heavy atom. The van der Waals surface area contributed by atoms with E-state index in [0.29, 0.717) is 23.8 Å². The van der Waals surface area contributed by atoms with Gasteiger partial charge in [0, 0.05) is 31.1 Å². The van der Waals surface area contributed by atoms with Crippen molar-refractivity contribution in [2.24, 2.45) is 0 Å². The second-order valence-electron chi connectivity index (χ2n) is 8.09. The molecule has 0 aliphatic carbocycles. The maximum Gasteiger partial charge on any atom is 0.416 e. The van der Waals surface area contributed by atoms with Crippen molar-refractivity contribution in [2.45, 2.75) is 44.9 Å². The van der Waals surface area contributed by atoms with E-state index < -0.39 is 17.6 Å². The van der Waals surface area contributed by atoms with E-state index in [-0.39, 0.29) is 30.3 Å². The quantitative estimate of drug-likeness (QED) is 0.274. The summed E-state index contributed by atoms with van der Waals surface area (Å²) in [6.07, 6.45) is 1.94. The summed E-state index contributed by atoms with van der Waals surface area (Å²) in [6, 6.07) is 7.12. The van der Waals surface area contributed by atoms with Gasteiger partial charge in [-0.3, -0.25) is 24.2 Å². The number of nitrogens with zero attached hydrogens (tertiary/aromatic N) is 7. The Labute approximate surface area is 218 Å². The number of anilines is 1. The number of aryl methyl sites for hydroxylation is 2. The van der Waals surface area contributed by atoms with Crippen LogP contribution >= 0.6 is 11.3 Å². The van der Waals surface area contributed by atoms with E-state index in [4.69, 9.17) is 0 Å². The van der Waals surface area contributed by atoms with Crippen LogP contribution in [0.25, 0.3) is 0 Å². The molecule has 0 spiro atoms. The van der Waals surface area contributed by atoms with Crippen LogP contribution in [0.2, 0.25) is 0 Å². The summed E-state index contributed by atoms with van der Waals surface area (Å²) in [5.41, 5.74) is -0.0469. The molecule has 0 aliphatic heterocycles. The van der Waals surface area contributed by atoms with Gasteiger partial charge >= 0.3 is 6.18 Å². The van der Waals surface area contributed by atoms with Crippen LogP contribution in [0.15, 0.2) is 48.9 Å². The van der Waals surface area contributed by atoms with Crippen molar-refractivity contribution in [1.29, 1.82) is 0 Å². The summed E-state index contributed by atoms with van der Waals surface area (Å²) in [5, 5.41) is 22.2. The summed E-state index contributed by atoms with van der Waals surface area (Å²) in [7, 11) is 0. The molecular weight excluding hydrogens is 523 g/mol. The summed E-state index contributed by atoms with van der Waals surface area (Å²) in [4.78, 5) is 32.4. The van der Waals surface area contributed by atoms with E-state index in [9.17, 15) is 22.8 Å². The van der Waals surface area contributed by atoms with Crippen molar-refractivity contribution in [2.75, 3.05) is 5.32 Å². The van der Waals surface area contributed by atoms with Gasteiger partial charge in [-0.25, -0.2) is 0 Å². The summed E-state index contributed by atoms with van der Waals surface area (Å²) >= 11 is 1.30. The molecule has 4 aromatic rings. The van der Waals surface area contributed by atoms with E-state index in [1.165, 1.54) is 22.2 Å². The minimum atomic E-state index is -4.49. The van der Waals surface area contributed by atoms with Crippen LogP contribution < -0.4 is 10.6 Å². The third kappa shape index (κ3) is 7.86. The molecule has 4 rings (SSSR count). The number of carbonyl (C=O) groups excluding carboxylic acids is 2. The SMILES string of the molecule is O=C(Cc1ccccn1)Nc1nnc(CCCCn2cc(C(=O)NCc3cc(C(F)(F)F)ccn3)nn2)s1. The first-order valence-corrected chi connectivity index (χ1v) is 12.3. The molecule has 2 N–H and O–H groups in total. The average Bonchev–Trinajstić information content (AvgIpc) is 3.55. The molecule has 0 aliphatic rings. The van der Waals surface area contributed by atoms with Gasteiger partial charge in [0.05, 0.1) is 30.4 Å².